The molecule has 2 rings (SSSR count). The van der Waals surface area contributed by atoms with Gasteiger partial charge in [-0.2, -0.15) is 0 Å². The fourth-order valence-electron chi connectivity index (χ4n) is 2.64. The van der Waals surface area contributed by atoms with Crippen LogP contribution in [0.15, 0.2) is 49.1 Å². The molecule has 0 saturated heterocycles. The molecule has 144 valence electrons. The number of hydrogen-bond acceptors (Lipinski definition) is 5. The third-order valence-electron chi connectivity index (χ3n) is 4.07. The monoisotopic (exact) mass is 404 g/mol. The van der Waals surface area contributed by atoms with E-state index in [1.54, 1.807) is 0 Å². The van der Waals surface area contributed by atoms with Crippen molar-refractivity contribution in [2.24, 2.45) is 0 Å². The highest BCUT2D eigenvalue weighted by Crippen LogP contribution is 2.31. The number of carbonyl (C=O) groups is 1. The predicted molar refractivity (Wildman–Crippen MR) is 113 cm³/mol. The normalized spacial score (nSPS) is 11.8. The van der Waals surface area contributed by atoms with Gasteiger partial charge in [-0.15, -0.1) is 16.8 Å². The van der Waals surface area contributed by atoms with Gasteiger partial charge in [0.25, 0.3) is 0 Å². The Kier molecular flexibility index (Phi) is 9.36. The maximum absolute atomic E-state index is 12.4. The average Bonchev–Trinajstić information content (AvgIpc) is 2.67. The van der Waals surface area contributed by atoms with E-state index in [1.807, 2.05) is 36.4 Å². The zero-order valence-corrected chi connectivity index (χ0v) is 17.1. The van der Waals surface area contributed by atoms with Gasteiger partial charge < -0.3 is 4.74 Å². The van der Waals surface area contributed by atoms with Gasteiger partial charge in [0.05, 0.1) is 0 Å². The molecule has 2 aromatic rings. The van der Waals surface area contributed by atoms with Crippen LogP contribution in [0.4, 0.5) is 4.79 Å². The first-order chi connectivity index (χ1) is 13.1. The number of aromatic nitrogens is 2. The topological polar surface area (TPSA) is 52.1 Å². The second-order valence-electron chi connectivity index (χ2n) is 6.19. The molecule has 0 aliphatic rings. The van der Waals surface area contributed by atoms with Crippen LogP contribution in [-0.2, 0) is 0 Å². The number of unbranched alkanes of at least 4 members (excludes halogenated alkanes) is 4. The van der Waals surface area contributed by atoms with Gasteiger partial charge in [-0.05, 0) is 18.2 Å². The number of thioether (sulfide) groups is 1. The lowest BCUT2D eigenvalue weighted by Gasteiger charge is -2.12. The van der Waals surface area contributed by atoms with Crippen molar-refractivity contribution in [3.8, 4) is 17.0 Å². The summed E-state index contributed by atoms with van der Waals surface area (Å²) in [6.07, 6.45) is 8.68. The van der Waals surface area contributed by atoms with E-state index in [-0.39, 0.29) is 10.4 Å². The molecular weight excluding hydrogens is 380 g/mol. The number of hydrogen-bond donors (Lipinski definition) is 0. The van der Waals surface area contributed by atoms with Crippen LogP contribution >= 0.6 is 23.4 Å². The standard InChI is InChI=1S/C21H25ClN2O2S/c1-3-5-6-7-11-14-17(4-2)27-21(25)26-18-15-19(22)23-24-20(18)16-12-9-8-10-13-16/h4,8-10,12-13,15,17H,2-3,5-7,11,14H2,1H3. The number of nitrogens with zero attached hydrogens (tertiary/aromatic N) is 2. The molecule has 0 N–H and O–H groups in total. The maximum Gasteiger partial charge on any atom is 0.373 e. The molecule has 27 heavy (non-hydrogen) atoms. The Bertz CT molecular complexity index is 740. The van der Waals surface area contributed by atoms with Gasteiger partial charge in [-0.3, -0.25) is 0 Å². The fraction of sp³-hybridized carbons (Fsp3) is 0.381. The Morgan fingerprint density at radius 2 is 1.96 bits per heavy atom. The highest BCUT2D eigenvalue weighted by atomic mass is 35.5. The van der Waals surface area contributed by atoms with Gasteiger partial charge in [0, 0.05) is 16.9 Å². The van der Waals surface area contributed by atoms with Gasteiger partial charge in [-0.25, -0.2) is 4.79 Å². The van der Waals surface area contributed by atoms with Crippen molar-refractivity contribution in [3.05, 3.63) is 54.2 Å². The van der Waals surface area contributed by atoms with Crippen molar-refractivity contribution in [2.45, 2.75) is 50.7 Å². The van der Waals surface area contributed by atoms with E-state index in [0.717, 1.165) is 30.2 Å². The summed E-state index contributed by atoms with van der Waals surface area (Å²) in [5.74, 6) is 0.310. The van der Waals surface area contributed by atoms with E-state index in [9.17, 15) is 4.79 Å². The summed E-state index contributed by atoms with van der Waals surface area (Å²) in [5.41, 5.74) is 1.30. The molecule has 1 aromatic heterocycles. The minimum absolute atomic E-state index is 0.0320. The summed E-state index contributed by atoms with van der Waals surface area (Å²) in [6.45, 7) is 6.04. The van der Waals surface area contributed by atoms with Gasteiger partial charge in [0.15, 0.2) is 10.9 Å². The van der Waals surface area contributed by atoms with Crippen LogP contribution in [0.5, 0.6) is 5.75 Å². The SMILES string of the molecule is C=CC(CCCCCCC)SC(=O)Oc1cc(Cl)nnc1-c1ccccc1. The molecule has 0 spiro atoms. The van der Waals surface area contributed by atoms with Crippen LogP contribution in [0.1, 0.15) is 45.4 Å². The maximum atomic E-state index is 12.4. The summed E-state index contributed by atoms with van der Waals surface area (Å²) >= 11 is 7.09. The molecule has 6 heteroatoms. The van der Waals surface area contributed by atoms with Gasteiger partial charge in [0.2, 0.25) is 0 Å². The van der Waals surface area contributed by atoms with Crippen LogP contribution < -0.4 is 4.74 Å². The molecule has 0 fully saturated rings. The number of ether oxygens (including phenoxy) is 1. The zero-order valence-electron chi connectivity index (χ0n) is 15.6. The second kappa shape index (κ2) is 11.8. The molecule has 4 nitrogen and oxygen atoms in total. The summed E-state index contributed by atoms with van der Waals surface area (Å²) in [4.78, 5) is 12.4. The molecule has 1 atom stereocenters. The predicted octanol–water partition coefficient (Wildman–Crippen LogP) is 6.94. The van der Waals surface area contributed by atoms with E-state index in [0.29, 0.717) is 11.4 Å². The third-order valence-corrected chi connectivity index (χ3v) is 5.26. The fourth-order valence-corrected chi connectivity index (χ4v) is 3.54. The van der Waals surface area contributed by atoms with Gasteiger partial charge >= 0.3 is 5.30 Å². The van der Waals surface area contributed by atoms with E-state index in [2.05, 4.69) is 23.7 Å². The van der Waals surface area contributed by atoms with Crippen molar-refractivity contribution < 1.29 is 9.53 Å². The van der Waals surface area contributed by atoms with Crippen LogP contribution in [0.3, 0.4) is 0 Å². The van der Waals surface area contributed by atoms with E-state index in [4.69, 9.17) is 16.3 Å². The highest BCUT2D eigenvalue weighted by molar-refractivity contribution is 8.13. The lowest BCUT2D eigenvalue weighted by molar-refractivity contribution is 0.227. The van der Waals surface area contributed by atoms with Crippen molar-refractivity contribution in [2.75, 3.05) is 0 Å². The lowest BCUT2D eigenvalue weighted by Crippen LogP contribution is -2.09. The quantitative estimate of drug-likeness (QED) is 0.244. The van der Waals surface area contributed by atoms with Crippen molar-refractivity contribution >= 4 is 28.7 Å². The van der Waals surface area contributed by atoms with Crippen LogP contribution in [-0.4, -0.2) is 20.7 Å². The second-order valence-corrected chi connectivity index (χ2v) is 7.75. The molecule has 0 aliphatic carbocycles. The lowest BCUT2D eigenvalue weighted by atomic mass is 10.1. The molecular formula is C21H25ClN2O2S. The number of rotatable bonds is 10. The first-order valence-electron chi connectivity index (χ1n) is 9.23. The zero-order chi connectivity index (χ0) is 19.5. The Hall–Kier alpha value is -1.85. The first kappa shape index (κ1) is 21.5. The van der Waals surface area contributed by atoms with E-state index in [1.165, 1.54) is 31.7 Å². The summed E-state index contributed by atoms with van der Waals surface area (Å²) in [6, 6.07) is 11.0. The molecule has 1 aromatic carbocycles. The Labute approximate surface area is 170 Å². The smallest absolute Gasteiger partial charge is 0.373 e. The van der Waals surface area contributed by atoms with E-state index >= 15 is 0 Å². The molecule has 0 radical (unpaired) electrons. The molecule has 0 aliphatic heterocycles. The minimum Gasteiger partial charge on any atom is -0.416 e. The molecule has 0 saturated carbocycles. The molecule has 0 amide bonds. The Balaban J connectivity index is 1.98. The van der Waals surface area contributed by atoms with Gasteiger partial charge in [-0.1, -0.05) is 87.0 Å². The van der Waals surface area contributed by atoms with Crippen LogP contribution in [0.25, 0.3) is 11.3 Å². The average molecular weight is 405 g/mol. The van der Waals surface area contributed by atoms with Crippen LogP contribution in [0.2, 0.25) is 5.15 Å². The van der Waals surface area contributed by atoms with Crippen molar-refractivity contribution in [1.29, 1.82) is 0 Å². The van der Waals surface area contributed by atoms with Crippen LogP contribution in [0, 0.1) is 0 Å². The largest absolute Gasteiger partial charge is 0.416 e. The summed E-state index contributed by atoms with van der Waals surface area (Å²) in [7, 11) is 0. The highest BCUT2D eigenvalue weighted by Gasteiger charge is 2.17. The summed E-state index contributed by atoms with van der Waals surface area (Å²) in [5, 5.41) is 7.77. The van der Waals surface area contributed by atoms with Gasteiger partial charge in [0.1, 0.15) is 5.69 Å². The number of halogens is 1. The molecule has 1 unspecified atom stereocenters. The van der Waals surface area contributed by atoms with Crippen molar-refractivity contribution in [1.82, 2.24) is 10.2 Å². The molecule has 1 heterocycles. The minimum atomic E-state index is -0.394. The first-order valence-corrected chi connectivity index (χ1v) is 10.5. The Morgan fingerprint density at radius 1 is 1.22 bits per heavy atom. The number of benzene rings is 1. The molecule has 0 bridgehead atoms. The summed E-state index contributed by atoms with van der Waals surface area (Å²) < 4.78 is 5.55. The Morgan fingerprint density at radius 3 is 2.67 bits per heavy atom. The number of carbonyl (C=O) groups excluding carboxylic acids is 1. The van der Waals surface area contributed by atoms with Crippen molar-refractivity contribution in [3.63, 3.8) is 0 Å². The van der Waals surface area contributed by atoms with E-state index < -0.39 is 5.30 Å². The third kappa shape index (κ3) is 7.35.